The normalized spacial score (nSPS) is 11.8. The first-order valence-corrected chi connectivity index (χ1v) is 19.2. The summed E-state index contributed by atoms with van der Waals surface area (Å²) in [5.41, 5.74) is 13.1. The van der Waals surface area contributed by atoms with Gasteiger partial charge in [-0.15, -0.1) is 0 Å². The summed E-state index contributed by atoms with van der Waals surface area (Å²) in [6, 6.07) is 42.1. The van der Waals surface area contributed by atoms with Crippen molar-refractivity contribution in [3.8, 4) is 34.2 Å². The summed E-state index contributed by atoms with van der Waals surface area (Å²) in [4.78, 5) is 34.5. The Hall–Kier alpha value is -7.72. The van der Waals surface area contributed by atoms with Crippen LogP contribution in [0.1, 0.15) is 0 Å². The van der Waals surface area contributed by atoms with E-state index in [0.717, 1.165) is 111 Å². The Kier molecular flexibility index (Phi) is 7.49. The standard InChI is InChI=1S/C48H36N10/c1-55(2)31-16-20-33(21-17-31)57-45-37-14-8-26-51-41(37)39-35(12-6-24-49-39)43(45)53-47(57)29-10-5-11-30(28-29)48-54-44-36-13-7-25-50-40(36)42-38(15-9-27-52-42)46(44)58(48)34-22-18-32(19-23-34)56(3)4/h5-28H,1-4H3. The van der Waals surface area contributed by atoms with E-state index >= 15 is 0 Å². The molecule has 5 aromatic carbocycles. The van der Waals surface area contributed by atoms with E-state index in [1.807, 2.05) is 49.1 Å². The molecular weight excluding hydrogens is 717 g/mol. The van der Waals surface area contributed by atoms with Crippen molar-refractivity contribution in [1.29, 1.82) is 0 Å². The molecule has 0 amide bonds. The Bertz CT molecular complexity index is 3170. The molecule has 58 heavy (non-hydrogen) atoms. The molecule has 11 aromatic rings. The Morgan fingerprint density at radius 1 is 0.379 bits per heavy atom. The average molecular weight is 753 g/mol. The maximum absolute atomic E-state index is 5.50. The predicted molar refractivity (Wildman–Crippen MR) is 236 cm³/mol. The Labute approximate surface area is 333 Å². The van der Waals surface area contributed by atoms with E-state index in [1.54, 1.807) is 0 Å². The van der Waals surface area contributed by atoms with Gasteiger partial charge in [-0.3, -0.25) is 29.1 Å². The minimum atomic E-state index is 0.804. The second-order valence-electron chi connectivity index (χ2n) is 14.9. The summed E-state index contributed by atoms with van der Waals surface area (Å²) in [5, 5.41) is 3.88. The zero-order valence-corrected chi connectivity index (χ0v) is 32.3. The van der Waals surface area contributed by atoms with Gasteiger partial charge in [0.25, 0.3) is 0 Å². The van der Waals surface area contributed by atoms with Gasteiger partial charge in [0.1, 0.15) is 11.6 Å². The quantitative estimate of drug-likeness (QED) is 0.155. The molecule has 278 valence electrons. The molecule has 10 heteroatoms. The van der Waals surface area contributed by atoms with Crippen molar-refractivity contribution in [3.63, 3.8) is 0 Å². The molecule has 0 N–H and O–H groups in total. The Morgan fingerprint density at radius 3 is 1.12 bits per heavy atom. The van der Waals surface area contributed by atoms with Crippen LogP contribution in [0, 0.1) is 0 Å². The molecule has 0 aliphatic carbocycles. The molecule has 0 aliphatic heterocycles. The number of anilines is 2. The summed E-state index contributed by atoms with van der Waals surface area (Å²) in [5.74, 6) is 1.61. The third-order valence-corrected chi connectivity index (χ3v) is 11.1. The number of hydrogen-bond acceptors (Lipinski definition) is 8. The van der Waals surface area contributed by atoms with Gasteiger partial charge in [0.05, 0.1) is 44.1 Å². The summed E-state index contributed by atoms with van der Waals surface area (Å²) >= 11 is 0. The van der Waals surface area contributed by atoms with E-state index in [9.17, 15) is 0 Å². The number of rotatable bonds is 6. The topological polar surface area (TPSA) is 93.7 Å². The predicted octanol–water partition coefficient (Wildman–Crippen LogP) is 10.0. The molecule has 6 aromatic heterocycles. The highest BCUT2D eigenvalue weighted by molar-refractivity contribution is 6.23. The van der Waals surface area contributed by atoms with Crippen molar-refractivity contribution in [2.75, 3.05) is 38.0 Å². The third kappa shape index (κ3) is 5.04. The van der Waals surface area contributed by atoms with Gasteiger partial charge in [-0.25, -0.2) is 9.97 Å². The molecule has 0 bridgehead atoms. The lowest BCUT2D eigenvalue weighted by molar-refractivity contribution is 1.09. The Balaban J connectivity index is 1.22. The van der Waals surface area contributed by atoms with Crippen molar-refractivity contribution >= 4 is 77.1 Å². The number of benzene rings is 5. The summed E-state index contributed by atoms with van der Waals surface area (Å²) in [6.07, 6.45) is 7.31. The molecule has 6 heterocycles. The number of aromatic nitrogens is 8. The molecule has 0 atom stereocenters. The lowest BCUT2D eigenvalue weighted by atomic mass is 10.1. The Morgan fingerprint density at radius 2 is 0.741 bits per heavy atom. The van der Waals surface area contributed by atoms with E-state index in [2.05, 4.69) is 144 Å². The van der Waals surface area contributed by atoms with E-state index in [1.165, 1.54) is 0 Å². The monoisotopic (exact) mass is 752 g/mol. The molecule has 0 spiro atoms. The molecule has 10 nitrogen and oxygen atoms in total. The number of pyridine rings is 4. The minimum absolute atomic E-state index is 0.804. The van der Waals surface area contributed by atoms with Crippen molar-refractivity contribution in [3.05, 3.63) is 146 Å². The largest absolute Gasteiger partial charge is 0.378 e. The number of nitrogens with zero attached hydrogens (tertiary/aromatic N) is 10. The zero-order valence-electron chi connectivity index (χ0n) is 32.3. The first-order valence-electron chi connectivity index (χ1n) is 19.2. The molecule has 0 aliphatic rings. The fourth-order valence-corrected chi connectivity index (χ4v) is 8.34. The van der Waals surface area contributed by atoms with Crippen molar-refractivity contribution in [2.24, 2.45) is 0 Å². The van der Waals surface area contributed by atoms with Crippen LogP contribution in [-0.2, 0) is 0 Å². The first-order chi connectivity index (χ1) is 28.4. The highest BCUT2D eigenvalue weighted by atomic mass is 15.1. The number of fused-ring (bicyclic) bond motifs is 12. The summed E-state index contributed by atoms with van der Waals surface area (Å²) < 4.78 is 4.54. The van der Waals surface area contributed by atoms with Gasteiger partial charge >= 0.3 is 0 Å². The van der Waals surface area contributed by atoms with Crippen molar-refractivity contribution < 1.29 is 0 Å². The van der Waals surface area contributed by atoms with E-state index in [0.29, 0.717) is 0 Å². The van der Waals surface area contributed by atoms with Gasteiger partial charge in [-0.05, 0) is 103 Å². The van der Waals surface area contributed by atoms with E-state index in [-0.39, 0.29) is 0 Å². The van der Waals surface area contributed by atoms with Crippen LogP contribution in [0.25, 0.3) is 99.8 Å². The van der Waals surface area contributed by atoms with Crippen LogP contribution in [0.15, 0.2) is 146 Å². The van der Waals surface area contributed by atoms with Gasteiger partial charge in [0.2, 0.25) is 0 Å². The van der Waals surface area contributed by atoms with Crippen LogP contribution in [-0.4, -0.2) is 67.2 Å². The molecule has 0 saturated carbocycles. The molecule has 11 rings (SSSR count). The summed E-state index contributed by atoms with van der Waals surface area (Å²) in [6.45, 7) is 0. The number of imidazole rings is 2. The van der Waals surface area contributed by atoms with Crippen LogP contribution in [0.4, 0.5) is 11.4 Å². The van der Waals surface area contributed by atoms with Crippen LogP contribution in [0.2, 0.25) is 0 Å². The van der Waals surface area contributed by atoms with Crippen LogP contribution < -0.4 is 9.80 Å². The van der Waals surface area contributed by atoms with E-state index in [4.69, 9.17) is 29.9 Å². The van der Waals surface area contributed by atoms with Gasteiger partial charge in [-0.2, -0.15) is 0 Å². The van der Waals surface area contributed by atoms with E-state index < -0.39 is 0 Å². The smallest absolute Gasteiger partial charge is 0.145 e. The molecule has 0 radical (unpaired) electrons. The van der Waals surface area contributed by atoms with Gasteiger partial charge in [0.15, 0.2) is 0 Å². The summed E-state index contributed by atoms with van der Waals surface area (Å²) in [7, 11) is 8.22. The molecule has 0 saturated heterocycles. The second kappa shape index (κ2) is 12.9. The fraction of sp³-hybridized carbons (Fsp3) is 0.0833. The van der Waals surface area contributed by atoms with Gasteiger partial charge in [0, 0.05) is 108 Å². The highest BCUT2D eigenvalue weighted by Gasteiger charge is 2.24. The van der Waals surface area contributed by atoms with Crippen molar-refractivity contribution in [2.45, 2.75) is 0 Å². The van der Waals surface area contributed by atoms with Crippen LogP contribution >= 0.6 is 0 Å². The highest BCUT2D eigenvalue weighted by Crippen LogP contribution is 2.41. The number of hydrogen-bond donors (Lipinski definition) is 0. The van der Waals surface area contributed by atoms with Gasteiger partial charge < -0.3 is 9.80 Å². The lowest BCUT2D eigenvalue weighted by Crippen LogP contribution is -2.08. The zero-order chi connectivity index (χ0) is 39.1. The van der Waals surface area contributed by atoms with Crippen molar-refractivity contribution in [1.82, 2.24) is 39.0 Å². The maximum atomic E-state index is 5.50. The third-order valence-electron chi connectivity index (χ3n) is 11.1. The molecule has 0 fully saturated rings. The van der Waals surface area contributed by atoms with Gasteiger partial charge in [-0.1, -0.05) is 18.2 Å². The SMILES string of the molecule is CN(C)c1ccc(-n2c(-c3cccc(-c4nc5c6cccnc6c6ncccc6c5n4-c4ccc(N(C)C)cc4)c3)nc3c4cccnc4c4ncccc4c32)cc1. The fourth-order valence-electron chi connectivity index (χ4n) is 8.34. The van der Waals surface area contributed by atoms with Crippen LogP contribution in [0.3, 0.4) is 0 Å². The average Bonchev–Trinajstić information content (AvgIpc) is 3.88. The minimum Gasteiger partial charge on any atom is -0.378 e. The van der Waals surface area contributed by atoms with Crippen LogP contribution in [0.5, 0.6) is 0 Å². The molecule has 0 unspecified atom stereocenters. The lowest BCUT2D eigenvalue weighted by Gasteiger charge is -2.16. The molecular formula is C48H36N10. The second-order valence-corrected chi connectivity index (χ2v) is 14.9. The first kappa shape index (κ1) is 33.6. The maximum Gasteiger partial charge on any atom is 0.145 e.